The maximum atomic E-state index is 9.98. The Morgan fingerprint density at radius 2 is 2.25 bits per heavy atom. The molecule has 0 saturated heterocycles. The molecule has 16 heavy (non-hydrogen) atoms. The lowest BCUT2D eigenvalue weighted by atomic mass is 10.0. The number of imidazole rings is 1. The molecule has 1 heterocycles. The van der Waals surface area contributed by atoms with Crippen LogP contribution in [0.25, 0.3) is 0 Å². The molecule has 0 fully saturated rings. The van der Waals surface area contributed by atoms with E-state index in [4.69, 9.17) is 0 Å². The zero-order valence-electron chi connectivity index (χ0n) is 10.5. The molecule has 0 aliphatic rings. The van der Waals surface area contributed by atoms with Gasteiger partial charge in [-0.2, -0.15) is 0 Å². The van der Waals surface area contributed by atoms with Crippen molar-refractivity contribution in [2.45, 2.75) is 52.3 Å². The van der Waals surface area contributed by atoms with Crippen molar-refractivity contribution in [2.24, 2.45) is 0 Å². The molecule has 1 aromatic heterocycles. The Morgan fingerprint density at radius 1 is 1.50 bits per heavy atom. The van der Waals surface area contributed by atoms with Gasteiger partial charge in [0.05, 0.1) is 17.6 Å². The Labute approximate surface area is 97.7 Å². The van der Waals surface area contributed by atoms with Gasteiger partial charge in [0.15, 0.2) is 0 Å². The van der Waals surface area contributed by atoms with E-state index in [-0.39, 0.29) is 0 Å². The third-order valence-corrected chi connectivity index (χ3v) is 2.74. The van der Waals surface area contributed by atoms with Crippen molar-refractivity contribution < 1.29 is 5.11 Å². The van der Waals surface area contributed by atoms with Gasteiger partial charge in [-0.05, 0) is 20.3 Å². The van der Waals surface area contributed by atoms with Gasteiger partial charge in [0, 0.05) is 25.8 Å². The van der Waals surface area contributed by atoms with Crippen molar-refractivity contribution in [3.05, 3.63) is 18.2 Å². The third kappa shape index (κ3) is 3.94. The summed E-state index contributed by atoms with van der Waals surface area (Å²) in [5, 5.41) is 13.3. The first-order valence-corrected chi connectivity index (χ1v) is 6.01. The average molecular weight is 225 g/mol. The summed E-state index contributed by atoms with van der Waals surface area (Å²) in [4.78, 5) is 4.10. The first kappa shape index (κ1) is 13.2. The lowest BCUT2D eigenvalue weighted by Gasteiger charge is -2.23. The van der Waals surface area contributed by atoms with Crippen LogP contribution < -0.4 is 5.32 Å². The van der Waals surface area contributed by atoms with Crippen molar-refractivity contribution in [1.82, 2.24) is 14.9 Å². The van der Waals surface area contributed by atoms with Crippen LogP contribution in [-0.4, -0.2) is 26.8 Å². The molecule has 1 atom stereocenters. The smallest absolute Gasteiger partial charge is 0.0948 e. The van der Waals surface area contributed by atoms with Gasteiger partial charge in [0.2, 0.25) is 0 Å². The second-order valence-corrected chi connectivity index (χ2v) is 4.52. The van der Waals surface area contributed by atoms with Crippen molar-refractivity contribution in [3.63, 3.8) is 0 Å². The van der Waals surface area contributed by atoms with Crippen molar-refractivity contribution in [1.29, 1.82) is 0 Å². The number of hydrogen-bond donors (Lipinski definition) is 2. The number of aryl methyl sites for hydroxylation is 1. The Bertz CT molecular complexity index is 307. The molecule has 0 aromatic carbocycles. The summed E-state index contributed by atoms with van der Waals surface area (Å²) in [7, 11) is 0. The molecule has 0 aliphatic heterocycles. The lowest BCUT2D eigenvalue weighted by Crippen LogP contribution is -2.37. The molecule has 1 unspecified atom stereocenters. The van der Waals surface area contributed by atoms with E-state index in [0.29, 0.717) is 6.54 Å². The molecule has 92 valence electrons. The number of aliphatic hydroxyl groups is 1. The largest absolute Gasteiger partial charge is 0.389 e. The molecular weight excluding hydrogens is 202 g/mol. The summed E-state index contributed by atoms with van der Waals surface area (Å²) in [6, 6.07) is 0. The molecule has 1 rings (SSSR count). The maximum absolute atomic E-state index is 9.98. The van der Waals surface area contributed by atoms with Crippen LogP contribution in [0.4, 0.5) is 0 Å². The van der Waals surface area contributed by atoms with Gasteiger partial charge in [-0.25, -0.2) is 4.98 Å². The number of nitrogens with one attached hydrogen (secondary N) is 1. The van der Waals surface area contributed by atoms with Crippen LogP contribution in [0.3, 0.4) is 0 Å². The molecule has 0 aliphatic carbocycles. The van der Waals surface area contributed by atoms with E-state index in [2.05, 4.69) is 28.7 Å². The van der Waals surface area contributed by atoms with E-state index in [1.54, 1.807) is 0 Å². The van der Waals surface area contributed by atoms with Gasteiger partial charge in [-0.3, -0.25) is 0 Å². The topological polar surface area (TPSA) is 50.1 Å². The lowest BCUT2D eigenvalue weighted by molar-refractivity contribution is 0.0496. The molecular formula is C12H23N3O. The van der Waals surface area contributed by atoms with Crippen molar-refractivity contribution in [3.8, 4) is 0 Å². The summed E-state index contributed by atoms with van der Waals surface area (Å²) in [5.41, 5.74) is 0.557. The standard InChI is InChI=1S/C12H23N3O/c1-4-6-12(3,16)9-13-7-11-8-14-10-15(11)5-2/h8,10,13,16H,4-7,9H2,1-3H3. The predicted molar refractivity (Wildman–Crippen MR) is 65.1 cm³/mol. The van der Waals surface area contributed by atoms with Crippen LogP contribution in [-0.2, 0) is 13.1 Å². The minimum Gasteiger partial charge on any atom is -0.389 e. The minimum absolute atomic E-state index is 0.605. The van der Waals surface area contributed by atoms with Crippen molar-refractivity contribution in [2.75, 3.05) is 6.54 Å². The van der Waals surface area contributed by atoms with Gasteiger partial charge in [-0.15, -0.1) is 0 Å². The van der Waals surface area contributed by atoms with Crippen LogP contribution in [0.2, 0.25) is 0 Å². The highest BCUT2D eigenvalue weighted by Crippen LogP contribution is 2.10. The maximum Gasteiger partial charge on any atom is 0.0948 e. The minimum atomic E-state index is -0.605. The van der Waals surface area contributed by atoms with Crippen LogP contribution in [0, 0.1) is 0 Å². The summed E-state index contributed by atoms with van der Waals surface area (Å²) < 4.78 is 2.10. The first-order valence-electron chi connectivity index (χ1n) is 6.01. The summed E-state index contributed by atoms with van der Waals surface area (Å²) in [6.07, 6.45) is 5.53. The SMILES string of the molecule is CCCC(C)(O)CNCc1cncn1CC. The molecule has 1 aromatic rings. The van der Waals surface area contributed by atoms with Crippen LogP contribution in [0.15, 0.2) is 12.5 Å². The van der Waals surface area contributed by atoms with Crippen LogP contribution >= 0.6 is 0 Å². The van der Waals surface area contributed by atoms with Gasteiger partial charge in [-0.1, -0.05) is 13.3 Å². The van der Waals surface area contributed by atoms with Gasteiger partial charge >= 0.3 is 0 Å². The molecule has 2 N–H and O–H groups in total. The fraction of sp³-hybridized carbons (Fsp3) is 0.750. The zero-order chi connectivity index (χ0) is 12.0. The van der Waals surface area contributed by atoms with E-state index in [1.807, 2.05) is 19.4 Å². The van der Waals surface area contributed by atoms with E-state index >= 15 is 0 Å². The van der Waals surface area contributed by atoms with E-state index in [1.165, 1.54) is 0 Å². The van der Waals surface area contributed by atoms with Gasteiger partial charge in [0.1, 0.15) is 0 Å². The van der Waals surface area contributed by atoms with E-state index < -0.39 is 5.60 Å². The van der Waals surface area contributed by atoms with E-state index in [9.17, 15) is 5.11 Å². The number of aromatic nitrogens is 2. The Morgan fingerprint density at radius 3 is 2.88 bits per heavy atom. The first-order chi connectivity index (χ1) is 7.59. The molecule has 0 spiro atoms. The fourth-order valence-electron chi connectivity index (χ4n) is 1.87. The van der Waals surface area contributed by atoms with Gasteiger partial charge in [0.25, 0.3) is 0 Å². The second-order valence-electron chi connectivity index (χ2n) is 4.52. The quantitative estimate of drug-likeness (QED) is 0.740. The summed E-state index contributed by atoms with van der Waals surface area (Å²) in [6.45, 7) is 8.37. The summed E-state index contributed by atoms with van der Waals surface area (Å²) in [5.74, 6) is 0. The van der Waals surface area contributed by atoms with Crippen LogP contribution in [0.1, 0.15) is 39.3 Å². The molecule has 4 nitrogen and oxygen atoms in total. The average Bonchev–Trinajstić information content (AvgIpc) is 2.64. The number of nitrogens with zero attached hydrogens (tertiary/aromatic N) is 2. The molecule has 0 saturated carbocycles. The highest BCUT2D eigenvalue weighted by molar-refractivity contribution is 4.97. The number of hydrogen-bond acceptors (Lipinski definition) is 3. The normalized spacial score (nSPS) is 15.0. The molecule has 0 radical (unpaired) electrons. The van der Waals surface area contributed by atoms with Crippen molar-refractivity contribution >= 4 is 0 Å². The highest BCUT2D eigenvalue weighted by atomic mass is 16.3. The third-order valence-electron chi connectivity index (χ3n) is 2.74. The molecule has 0 amide bonds. The van der Waals surface area contributed by atoms with Crippen LogP contribution in [0.5, 0.6) is 0 Å². The Balaban J connectivity index is 2.35. The molecule has 4 heteroatoms. The highest BCUT2D eigenvalue weighted by Gasteiger charge is 2.18. The van der Waals surface area contributed by atoms with E-state index in [0.717, 1.165) is 31.6 Å². The number of rotatable bonds is 7. The monoisotopic (exact) mass is 225 g/mol. The second kappa shape index (κ2) is 6.01. The zero-order valence-corrected chi connectivity index (χ0v) is 10.5. The Kier molecular flexibility index (Phi) is 4.96. The molecule has 0 bridgehead atoms. The van der Waals surface area contributed by atoms with Gasteiger partial charge < -0.3 is 15.0 Å². The summed E-state index contributed by atoms with van der Waals surface area (Å²) >= 11 is 0. The Hall–Kier alpha value is -0.870. The fourth-order valence-corrected chi connectivity index (χ4v) is 1.87. The predicted octanol–water partition coefficient (Wildman–Crippen LogP) is 1.54.